The van der Waals surface area contributed by atoms with E-state index in [0.29, 0.717) is 30.2 Å². The first-order valence-corrected chi connectivity index (χ1v) is 7.43. The first kappa shape index (κ1) is 17.3. The third-order valence-electron chi connectivity index (χ3n) is 4.04. The van der Waals surface area contributed by atoms with Crippen LogP contribution in [0.2, 0.25) is 0 Å². The molecule has 0 unspecified atom stereocenters. The van der Waals surface area contributed by atoms with Crippen molar-refractivity contribution in [3.63, 3.8) is 0 Å². The number of aliphatic hydroxyl groups excluding tert-OH is 1. The van der Waals surface area contributed by atoms with Gasteiger partial charge >= 0.3 is 0 Å². The van der Waals surface area contributed by atoms with Crippen molar-refractivity contribution in [1.82, 2.24) is 5.32 Å². The third-order valence-corrected chi connectivity index (χ3v) is 4.04. The zero-order valence-electron chi connectivity index (χ0n) is 13.1. The number of aliphatic hydroxyl groups is 1. The lowest BCUT2D eigenvalue weighted by atomic mass is 9.83. The van der Waals surface area contributed by atoms with E-state index < -0.39 is 0 Å². The Hall–Kier alpha value is -1.75. The van der Waals surface area contributed by atoms with E-state index in [1.54, 1.807) is 18.2 Å². The van der Waals surface area contributed by atoms with Crippen molar-refractivity contribution < 1.29 is 14.6 Å². The molecule has 0 fully saturated rings. The summed E-state index contributed by atoms with van der Waals surface area (Å²) in [6.07, 6.45) is 1.60. The Morgan fingerprint density at radius 3 is 2.52 bits per heavy atom. The van der Waals surface area contributed by atoms with E-state index in [1.165, 1.54) is 0 Å². The van der Waals surface area contributed by atoms with Gasteiger partial charge in [0.15, 0.2) is 5.75 Å². The van der Waals surface area contributed by atoms with Crippen LogP contribution < -0.4 is 15.8 Å². The predicted molar refractivity (Wildman–Crippen MR) is 84.5 cm³/mol. The van der Waals surface area contributed by atoms with Crippen molar-refractivity contribution in [1.29, 1.82) is 0 Å². The summed E-state index contributed by atoms with van der Waals surface area (Å²) in [6, 6.07) is 5.12. The number of hydrogen-bond acceptors (Lipinski definition) is 4. The topological polar surface area (TPSA) is 84.6 Å². The van der Waals surface area contributed by atoms with Gasteiger partial charge in [0.05, 0.1) is 24.5 Å². The Labute approximate surface area is 126 Å². The van der Waals surface area contributed by atoms with Crippen LogP contribution in [-0.2, 0) is 0 Å². The molecule has 0 heterocycles. The summed E-state index contributed by atoms with van der Waals surface area (Å²) in [5.74, 6) is 0.186. The second-order valence-corrected chi connectivity index (χ2v) is 5.20. The van der Waals surface area contributed by atoms with Gasteiger partial charge in [0.1, 0.15) is 0 Å². The molecule has 1 aromatic carbocycles. The second-order valence-electron chi connectivity index (χ2n) is 5.20. The van der Waals surface area contributed by atoms with E-state index in [1.807, 2.05) is 20.8 Å². The summed E-state index contributed by atoms with van der Waals surface area (Å²) < 4.78 is 5.46. The van der Waals surface area contributed by atoms with Crippen LogP contribution in [0.4, 0.5) is 5.69 Å². The minimum absolute atomic E-state index is 0.0511. The summed E-state index contributed by atoms with van der Waals surface area (Å²) in [5.41, 5.74) is 6.46. The number of nitrogens with one attached hydrogen (secondary N) is 1. The molecule has 1 aromatic rings. The number of para-hydroxylation sites is 1. The Morgan fingerprint density at radius 2 is 2.00 bits per heavy atom. The molecule has 0 aliphatic carbocycles. The van der Waals surface area contributed by atoms with Crippen molar-refractivity contribution in [2.24, 2.45) is 5.41 Å². The number of hydrogen-bond donors (Lipinski definition) is 3. The molecule has 4 N–H and O–H groups in total. The number of amides is 1. The molecular weight excluding hydrogens is 268 g/mol. The van der Waals surface area contributed by atoms with E-state index >= 15 is 0 Å². The van der Waals surface area contributed by atoms with Gasteiger partial charge in [-0.3, -0.25) is 4.79 Å². The Balaban J connectivity index is 2.87. The van der Waals surface area contributed by atoms with Crippen molar-refractivity contribution in [2.75, 3.05) is 25.5 Å². The van der Waals surface area contributed by atoms with Gasteiger partial charge in [-0.1, -0.05) is 19.9 Å². The molecule has 0 radical (unpaired) electrons. The summed E-state index contributed by atoms with van der Waals surface area (Å²) in [5, 5.41) is 12.4. The summed E-state index contributed by atoms with van der Waals surface area (Å²) in [7, 11) is 0. The van der Waals surface area contributed by atoms with Gasteiger partial charge in [-0.2, -0.15) is 0 Å². The first-order chi connectivity index (χ1) is 10.0. The maximum Gasteiger partial charge on any atom is 0.255 e. The van der Waals surface area contributed by atoms with Crippen LogP contribution in [0, 0.1) is 5.41 Å². The van der Waals surface area contributed by atoms with Crippen LogP contribution >= 0.6 is 0 Å². The van der Waals surface area contributed by atoms with E-state index in [0.717, 1.165) is 12.8 Å². The number of nitrogens with two attached hydrogens (primary N) is 1. The van der Waals surface area contributed by atoms with Crippen LogP contribution in [0.5, 0.6) is 5.75 Å². The zero-order valence-corrected chi connectivity index (χ0v) is 13.1. The molecule has 1 amide bonds. The lowest BCUT2D eigenvalue weighted by Gasteiger charge is -2.29. The molecule has 0 aliphatic heterocycles. The minimum atomic E-state index is -0.276. The monoisotopic (exact) mass is 294 g/mol. The number of anilines is 1. The highest BCUT2D eigenvalue weighted by Gasteiger charge is 2.26. The molecule has 5 nitrogen and oxygen atoms in total. The smallest absolute Gasteiger partial charge is 0.255 e. The van der Waals surface area contributed by atoms with Gasteiger partial charge in [0.2, 0.25) is 0 Å². The molecular formula is C16H26N2O3. The molecule has 0 bridgehead atoms. The summed E-state index contributed by atoms with van der Waals surface area (Å²) in [6.45, 7) is 6.79. The Morgan fingerprint density at radius 1 is 1.33 bits per heavy atom. The van der Waals surface area contributed by atoms with Crippen LogP contribution in [0.25, 0.3) is 0 Å². The molecule has 1 rings (SSSR count). The summed E-state index contributed by atoms with van der Waals surface area (Å²) >= 11 is 0. The number of rotatable bonds is 8. The lowest BCUT2D eigenvalue weighted by Crippen LogP contribution is -2.39. The third kappa shape index (κ3) is 4.11. The standard InChI is InChI=1S/C16H26N2O3/c1-4-16(5-2,11-19)10-18-15(20)12-8-7-9-13(17)14(12)21-6-3/h7-9,19H,4-6,10-11,17H2,1-3H3,(H,18,20). The number of benzene rings is 1. The maximum absolute atomic E-state index is 12.4. The maximum atomic E-state index is 12.4. The summed E-state index contributed by atoms with van der Waals surface area (Å²) in [4.78, 5) is 12.4. The molecule has 0 spiro atoms. The van der Waals surface area contributed by atoms with E-state index in [-0.39, 0.29) is 17.9 Å². The molecule has 118 valence electrons. The van der Waals surface area contributed by atoms with Crippen LogP contribution in [-0.4, -0.2) is 30.8 Å². The Kier molecular flexibility index (Phi) is 6.49. The van der Waals surface area contributed by atoms with Gasteiger partial charge in [0.25, 0.3) is 5.91 Å². The number of ether oxygens (including phenoxy) is 1. The fourth-order valence-corrected chi connectivity index (χ4v) is 2.18. The van der Waals surface area contributed by atoms with Gasteiger partial charge < -0.3 is 20.9 Å². The first-order valence-electron chi connectivity index (χ1n) is 7.43. The lowest BCUT2D eigenvalue weighted by molar-refractivity contribution is 0.0848. The van der Waals surface area contributed by atoms with Gasteiger partial charge in [0, 0.05) is 12.0 Å². The largest absolute Gasteiger partial charge is 0.491 e. The van der Waals surface area contributed by atoms with Crippen molar-refractivity contribution in [2.45, 2.75) is 33.6 Å². The normalized spacial score (nSPS) is 11.2. The average molecular weight is 294 g/mol. The fourth-order valence-electron chi connectivity index (χ4n) is 2.18. The molecule has 0 saturated carbocycles. The predicted octanol–water partition coefficient (Wildman–Crippen LogP) is 2.20. The van der Waals surface area contributed by atoms with Gasteiger partial charge in [-0.25, -0.2) is 0 Å². The SMILES string of the molecule is CCOc1c(N)cccc1C(=O)NCC(CC)(CC)CO. The quantitative estimate of drug-likeness (QED) is 0.642. The Bertz CT molecular complexity index is 462. The van der Waals surface area contributed by atoms with Crippen molar-refractivity contribution in [3.05, 3.63) is 23.8 Å². The van der Waals surface area contributed by atoms with Crippen molar-refractivity contribution in [3.8, 4) is 5.75 Å². The van der Waals surface area contributed by atoms with Gasteiger partial charge in [-0.15, -0.1) is 0 Å². The highest BCUT2D eigenvalue weighted by atomic mass is 16.5. The molecule has 21 heavy (non-hydrogen) atoms. The highest BCUT2D eigenvalue weighted by Crippen LogP contribution is 2.28. The second kappa shape index (κ2) is 7.88. The number of carbonyl (C=O) groups excluding carboxylic acids is 1. The van der Waals surface area contributed by atoms with E-state index in [9.17, 15) is 9.90 Å². The zero-order chi connectivity index (χ0) is 15.9. The number of carbonyl (C=O) groups is 1. The average Bonchev–Trinajstić information content (AvgIpc) is 2.51. The minimum Gasteiger partial charge on any atom is -0.491 e. The molecule has 0 atom stereocenters. The van der Waals surface area contributed by atoms with Crippen LogP contribution in [0.15, 0.2) is 18.2 Å². The molecule has 5 heteroatoms. The van der Waals surface area contributed by atoms with Crippen LogP contribution in [0.3, 0.4) is 0 Å². The van der Waals surface area contributed by atoms with E-state index in [4.69, 9.17) is 10.5 Å². The fraction of sp³-hybridized carbons (Fsp3) is 0.562. The number of nitrogen functional groups attached to an aromatic ring is 1. The van der Waals surface area contributed by atoms with Gasteiger partial charge in [-0.05, 0) is 31.9 Å². The highest BCUT2D eigenvalue weighted by molar-refractivity contribution is 5.98. The molecule has 0 aliphatic rings. The van der Waals surface area contributed by atoms with Crippen molar-refractivity contribution >= 4 is 11.6 Å². The van der Waals surface area contributed by atoms with Crippen LogP contribution in [0.1, 0.15) is 44.0 Å². The molecule has 0 saturated heterocycles. The molecule has 0 aromatic heterocycles. The van der Waals surface area contributed by atoms with E-state index in [2.05, 4.69) is 5.32 Å².